The van der Waals surface area contributed by atoms with Gasteiger partial charge in [0, 0.05) is 27.1 Å². The van der Waals surface area contributed by atoms with Gasteiger partial charge < -0.3 is 78.0 Å². The molecule has 27 nitrogen and oxygen atoms in total. The second kappa shape index (κ2) is 22.5. The van der Waals surface area contributed by atoms with E-state index in [1.165, 1.54) is 6.92 Å². The highest BCUT2D eigenvalue weighted by Crippen LogP contribution is 2.40. The molecule has 5 heterocycles. The van der Waals surface area contributed by atoms with Crippen molar-refractivity contribution >= 4 is 12.4 Å². The van der Waals surface area contributed by atoms with Crippen molar-refractivity contribution in [2.24, 2.45) is 44.9 Å². The number of aliphatic hydroxyl groups is 5. The zero-order valence-corrected chi connectivity index (χ0v) is 35.4. The molecule has 5 saturated heterocycles. The summed E-state index contributed by atoms with van der Waals surface area (Å²) in [7, 11) is 0. The van der Waals surface area contributed by atoms with Crippen LogP contribution in [0.1, 0.15) is 48.0 Å². The Hall–Kier alpha value is -3.69. The Morgan fingerprint density at radius 3 is 1.78 bits per heavy atom. The highest BCUT2D eigenvalue weighted by Gasteiger charge is 2.55. The molecule has 5 fully saturated rings. The van der Waals surface area contributed by atoms with Crippen molar-refractivity contribution in [1.29, 1.82) is 0 Å². The van der Waals surface area contributed by atoms with Gasteiger partial charge in [0.1, 0.15) is 42.7 Å². The van der Waals surface area contributed by atoms with E-state index in [9.17, 15) is 51.3 Å². The van der Waals surface area contributed by atoms with Crippen LogP contribution >= 0.6 is 0 Å². The van der Waals surface area contributed by atoms with Crippen LogP contribution in [0.15, 0.2) is 15.3 Å². The number of aliphatic hydroxyl groups excluding tert-OH is 5. The van der Waals surface area contributed by atoms with Crippen LogP contribution < -0.4 is 0 Å². The lowest BCUT2D eigenvalue weighted by Gasteiger charge is -2.49. The van der Waals surface area contributed by atoms with Gasteiger partial charge in [-0.2, -0.15) is 0 Å². The minimum Gasteiger partial charge on any atom is -0.479 e. The molecule has 0 aromatic carbocycles. The lowest BCUT2D eigenvalue weighted by Crippen LogP contribution is -2.64. The Bertz CT molecular complexity index is 1690. The van der Waals surface area contributed by atoms with E-state index in [2.05, 4.69) is 30.1 Å². The number of ether oxygens (including phenoxy) is 10. The summed E-state index contributed by atoms with van der Waals surface area (Å²) in [6.45, 7) is 8.47. The van der Waals surface area contributed by atoms with Crippen LogP contribution in [0.4, 0.5) is 0 Å². The second-order valence-electron chi connectivity index (χ2n) is 16.6. The largest absolute Gasteiger partial charge is 0.479 e. The predicted octanol–water partition coefficient (Wildman–Crippen LogP) is 0.735. The van der Waals surface area contributed by atoms with Crippen LogP contribution in [0.5, 0.6) is 0 Å². The lowest BCUT2D eigenvalue weighted by molar-refractivity contribution is -0.382. The first kappa shape index (κ1) is 50.3. The van der Waals surface area contributed by atoms with Crippen LogP contribution in [-0.2, 0) is 57.0 Å². The average molecular weight is 904 g/mol. The molecule has 0 bridgehead atoms. The lowest BCUT2D eigenvalue weighted by atomic mass is 9.82. The molecule has 0 saturated carbocycles. The molecular formula is C36H57N9O18. The van der Waals surface area contributed by atoms with Gasteiger partial charge in [0.25, 0.3) is 6.47 Å². The van der Waals surface area contributed by atoms with E-state index in [1.807, 2.05) is 6.92 Å². The van der Waals surface area contributed by atoms with Crippen molar-refractivity contribution in [2.45, 2.75) is 165 Å². The van der Waals surface area contributed by atoms with Crippen LogP contribution in [0.3, 0.4) is 0 Å². The fourth-order valence-electron chi connectivity index (χ4n) is 8.95. The number of carboxylic acid groups (broad SMARTS) is 1. The van der Waals surface area contributed by atoms with Crippen molar-refractivity contribution in [1.82, 2.24) is 0 Å². The molecule has 0 aromatic heterocycles. The highest BCUT2D eigenvalue weighted by atomic mass is 16.8. The fourth-order valence-corrected chi connectivity index (χ4v) is 8.95. The van der Waals surface area contributed by atoms with Gasteiger partial charge >= 0.3 is 5.97 Å². The molecular weight excluding hydrogens is 846 g/mol. The molecule has 0 aromatic rings. The third-order valence-corrected chi connectivity index (χ3v) is 12.8. The Morgan fingerprint density at radius 2 is 1.17 bits per heavy atom. The smallest absolute Gasteiger partial charge is 0.335 e. The van der Waals surface area contributed by atoms with E-state index in [0.717, 1.165) is 0 Å². The Labute approximate surface area is 360 Å². The minimum absolute atomic E-state index is 0.0466. The summed E-state index contributed by atoms with van der Waals surface area (Å²) >= 11 is 0. The minimum atomic E-state index is -1.81. The summed E-state index contributed by atoms with van der Waals surface area (Å²) in [5.74, 6) is -4.23. The van der Waals surface area contributed by atoms with Crippen LogP contribution in [-0.4, -0.2) is 180 Å². The fraction of sp³-hybridized carbons (Fsp3) is 0.944. The van der Waals surface area contributed by atoms with Crippen molar-refractivity contribution < 1.29 is 87.6 Å². The average Bonchev–Trinajstić information content (AvgIpc) is 3.25. The number of azide groups is 3. The number of hydrogen-bond acceptors (Lipinski definition) is 20. The third-order valence-electron chi connectivity index (χ3n) is 12.8. The summed E-state index contributed by atoms with van der Waals surface area (Å²) in [5.41, 5.74) is 27.9. The number of aliphatic carboxylic acids is 1. The molecule has 5 aliphatic rings. The molecule has 0 amide bonds. The van der Waals surface area contributed by atoms with Gasteiger partial charge in [0.15, 0.2) is 31.3 Å². The van der Waals surface area contributed by atoms with Crippen molar-refractivity contribution in [2.75, 3.05) is 19.8 Å². The van der Waals surface area contributed by atoms with E-state index in [4.69, 9.17) is 52.9 Å². The molecule has 0 spiro atoms. The molecule has 354 valence electrons. The molecule has 7 unspecified atom stereocenters. The molecule has 0 radical (unpaired) electrons. The first-order chi connectivity index (χ1) is 30.1. The summed E-state index contributed by atoms with van der Waals surface area (Å²) in [6.07, 6.45) is -21.3. The summed E-state index contributed by atoms with van der Waals surface area (Å²) in [6, 6.07) is -3.23. The molecule has 24 atom stereocenters. The number of carbonyl (C=O) groups excluding carboxylic acids is 1. The zero-order chi connectivity index (χ0) is 46.3. The maximum atomic E-state index is 12.6. The van der Waals surface area contributed by atoms with E-state index >= 15 is 0 Å². The summed E-state index contributed by atoms with van der Waals surface area (Å²) < 4.78 is 59.0. The molecule has 63 heavy (non-hydrogen) atoms. The molecule has 5 aliphatic heterocycles. The first-order valence-corrected chi connectivity index (χ1v) is 20.6. The van der Waals surface area contributed by atoms with Gasteiger partial charge in [-0.15, -0.1) is 0 Å². The maximum absolute atomic E-state index is 12.6. The molecule has 0 aliphatic carbocycles. The normalized spacial score (nSPS) is 46.6. The van der Waals surface area contributed by atoms with Crippen LogP contribution in [0.25, 0.3) is 31.3 Å². The predicted molar refractivity (Wildman–Crippen MR) is 206 cm³/mol. The maximum Gasteiger partial charge on any atom is 0.335 e. The topological polar surface area (TPSA) is 394 Å². The van der Waals surface area contributed by atoms with Gasteiger partial charge in [0.05, 0.1) is 56.3 Å². The second-order valence-corrected chi connectivity index (χ2v) is 16.6. The van der Waals surface area contributed by atoms with Gasteiger partial charge in [0.2, 0.25) is 6.29 Å². The number of carboxylic acids is 1. The van der Waals surface area contributed by atoms with Gasteiger partial charge in [-0.3, -0.25) is 4.79 Å². The SMILES string of the molecule is C[C@H]1[C@H](CO)O[C@@H](O[C@@H]2[C@H](C)C[C@H](O[C@H]3C(CO)O[C@@H](O[C@H]4C(OC=O)O[C@@H](O[C@H]5C(CO)O[C@@H](C)C(N=[N+]=[N-])[C@H]5C)C(O)[C@H]4C)C(N=[N+]=[N-])[C@H]3O)O[C@H]2C(=O)O)C(N=[N+]=[N-])[C@H]1C. The van der Waals surface area contributed by atoms with Gasteiger partial charge in [-0.25, -0.2) is 4.79 Å². The summed E-state index contributed by atoms with van der Waals surface area (Å²) in [4.78, 5) is 32.9. The van der Waals surface area contributed by atoms with Crippen LogP contribution in [0.2, 0.25) is 0 Å². The van der Waals surface area contributed by atoms with Crippen molar-refractivity contribution in [3.8, 4) is 0 Å². The van der Waals surface area contributed by atoms with E-state index in [0.29, 0.717) is 0 Å². The number of hydrogen-bond donors (Lipinski definition) is 6. The Morgan fingerprint density at radius 1 is 0.619 bits per heavy atom. The third kappa shape index (κ3) is 10.9. The molecule has 5 rings (SSSR count). The number of nitrogens with zero attached hydrogens (tertiary/aromatic N) is 9. The zero-order valence-electron chi connectivity index (χ0n) is 35.4. The van der Waals surface area contributed by atoms with Crippen LogP contribution in [0, 0.1) is 29.6 Å². The highest BCUT2D eigenvalue weighted by molar-refractivity contribution is 5.73. The number of rotatable bonds is 17. The van der Waals surface area contributed by atoms with Gasteiger partial charge in [-0.05, 0) is 47.2 Å². The van der Waals surface area contributed by atoms with Gasteiger partial charge in [-0.1, -0.05) is 50.0 Å². The molecule has 6 N–H and O–H groups in total. The standard InChI is InChI=1S/C36H57N9O18/c1-12-7-21(59-31(32(52)53)27(12)60-33-23(41-44-38)14(3)13(2)18(8-46)56-33)58-30-20(10-48)57-34(24(26(30)51)42-45-39)62-29-16(5)25(50)35(63-36(29)54-11-49)61-28-15(4)22(40-43-37)17(6)55-19(28)9-47/h11-31,33-36,46-48,50-51H,7-10H2,1-6H3,(H,52,53)/t12-,13-,14+,15-,16-,17+,18+,19?,20?,21-,22?,23?,24?,25?,26-,27-,28-,29-,30+,31-,33+,34+,35-,36?/m1/s1. The molecule has 27 heteroatoms. The number of carbonyl (C=O) groups is 2. The monoisotopic (exact) mass is 903 g/mol. The first-order valence-electron chi connectivity index (χ1n) is 20.6. The van der Waals surface area contributed by atoms with E-state index in [-0.39, 0.29) is 31.3 Å². The Kier molecular flexibility index (Phi) is 17.9. The van der Waals surface area contributed by atoms with Crippen molar-refractivity contribution in [3.63, 3.8) is 0 Å². The quantitative estimate of drug-likeness (QED) is 0.0507. The van der Waals surface area contributed by atoms with E-state index < -0.39 is 154 Å². The summed E-state index contributed by atoms with van der Waals surface area (Å²) in [5, 5.41) is 75.1. The van der Waals surface area contributed by atoms with E-state index in [1.54, 1.807) is 27.7 Å². The van der Waals surface area contributed by atoms with Crippen molar-refractivity contribution in [3.05, 3.63) is 31.3 Å². The Balaban J connectivity index is 1.30.